The first kappa shape index (κ1) is 15.1. The minimum atomic E-state index is -3.63. The van der Waals surface area contributed by atoms with Gasteiger partial charge < -0.3 is 4.74 Å². The summed E-state index contributed by atoms with van der Waals surface area (Å²) < 4.78 is 33.7. The first-order valence-electron chi connectivity index (χ1n) is 6.10. The number of ether oxygens (including phenoxy) is 1. The van der Waals surface area contributed by atoms with E-state index in [2.05, 4.69) is 0 Å². The van der Waals surface area contributed by atoms with Gasteiger partial charge in [-0.25, -0.2) is 0 Å². The standard InChI is InChI=1S/C13H20O4S/c1-3-9-16-10-4-11-17-18(14,15)13-7-5-12(2)6-8-13/h5-8H,3-4,9-11H2,1-2H3. The third kappa shape index (κ3) is 5.16. The Hall–Kier alpha value is -0.910. The number of rotatable bonds is 8. The maximum absolute atomic E-state index is 11.8. The monoisotopic (exact) mass is 272 g/mol. The average molecular weight is 272 g/mol. The molecule has 102 valence electrons. The number of aryl methyl sites for hydroxylation is 1. The second-order valence-electron chi connectivity index (χ2n) is 4.06. The molecule has 0 heterocycles. The quantitative estimate of drug-likeness (QED) is 0.539. The van der Waals surface area contributed by atoms with E-state index in [1.165, 1.54) is 0 Å². The summed E-state index contributed by atoms with van der Waals surface area (Å²) in [6, 6.07) is 6.61. The van der Waals surface area contributed by atoms with E-state index in [1.807, 2.05) is 13.8 Å². The van der Waals surface area contributed by atoms with Crippen LogP contribution < -0.4 is 0 Å². The third-order valence-corrected chi connectivity index (χ3v) is 3.66. The van der Waals surface area contributed by atoms with Crippen LogP contribution in [0.3, 0.4) is 0 Å². The highest BCUT2D eigenvalue weighted by Gasteiger charge is 2.14. The van der Waals surface area contributed by atoms with Gasteiger partial charge in [0.2, 0.25) is 0 Å². The summed E-state index contributed by atoms with van der Waals surface area (Å²) in [6.45, 7) is 5.31. The zero-order chi connectivity index (χ0) is 13.4. The first-order valence-corrected chi connectivity index (χ1v) is 7.51. The van der Waals surface area contributed by atoms with Crippen molar-refractivity contribution in [1.29, 1.82) is 0 Å². The van der Waals surface area contributed by atoms with Gasteiger partial charge in [-0.2, -0.15) is 8.42 Å². The fourth-order valence-electron chi connectivity index (χ4n) is 1.35. The Balaban J connectivity index is 2.38. The summed E-state index contributed by atoms with van der Waals surface area (Å²) in [5.41, 5.74) is 1.02. The Morgan fingerprint density at radius 2 is 1.72 bits per heavy atom. The van der Waals surface area contributed by atoms with Crippen molar-refractivity contribution in [2.45, 2.75) is 31.6 Å². The zero-order valence-electron chi connectivity index (χ0n) is 10.9. The normalized spacial score (nSPS) is 11.7. The van der Waals surface area contributed by atoms with E-state index in [0.717, 1.165) is 12.0 Å². The topological polar surface area (TPSA) is 52.6 Å². The number of benzene rings is 1. The number of hydrogen-bond donors (Lipinski definition) is 0. The van der Waals surface area contributed by atoms with E-state index < -0.39 is 10.1 Å². The van der Waals surface area contributed by atoms with Crippen LogP contribution in [0.4, 0.5) is 0 Å². The molecule has 5 heteroatoms. The summed E-state index contributed by atoms with van der Waals surface area (Å²) in [5, 5.41) is 0. The summed E-state index contributed by atoms with van der Waals surface area (Å²) in [7, 11) is -3.63. The van der Waals surface area contributed by atoms with Crippen LogP contribution in [0.15, 0.2) is 29.2 Å². The molecule has 0 aromatic heterocycles. The zero-order valence-corrected chi connectivity index (χ0v) is 11.7. The van der Waals surface area contributed by atoms with E-state index in [4.69, 9.17) is 8.92 Å². The van der Waals surface area contributed by atoms with Crippen LogP contribution in [-0.2, 0) is 19.0 Å². The summed E-state index contributed by atoms with van der Waals surface area (Å²) in [4.78, 5) is 0.197. The number of hydrogen-bond acceptors (Lipinski definition) is 4. The molecule has 4 nitrogen and oxygen atoms in total. The van der Waals surface area contributed by atoms with Crippen LogP contribution in [0.25, 0.3) is 0 Å². The molecule has 0 aliphatic rings. The van der Waals surface area contributed by atoms with Gasteiger partial charge in [-0.15, -0.1) is 0 Å². The maximum Gasteiger partial charge on any atom is 0.296 e. The molecule has 0 aliphatic carbocycles. The molecule has 0 saturated carbocycles. The fourth-order valence-corrected chi connectivity index (χ4v) is 2.29. The van der Waals surface area contributed by atoms with Crippen molar-refractivity contribution in [1.82, 2.24) is 0 Å². The summed E-state index contributed by atoms with van der Waals surface area (Å²) in [5.74, 6) is 0. The minimum Gasteiger partial charge on any atom is -0.381 e. The van der Waals surface area contributed by atoms with E-state index in [9.17, 15) is 8.42 Å². The van der Waals surface area contributed by atoms with Crippen molar-refractivity contribution < 1.29 is 17.3 Å². The molecule has 0 aliphatic heterocycles. The predicted octanol–water partition coefficient (Wildman–Crippen LogP) is 2.52. The minimum absolute atomic E-state index is 0.153. The first-order chi connectivity index (χ1) is 8.56. The van der Waals surface area contributed by atoms with Crippen molar-refractivity contribution in [2.75, 3.05) is 19.8 Å². The van der Waals surface area contributed by atoms with Gasteiger partial charge in [-0.1, -0.05) is 24.6 Å². The van der Waals surface area contributed by atoms with Crippen LogP contribution in [0.1, 0.15) is 25.3 Å². The SMILES string of the molecule is CCCOCCCOS(=O)(=O)c1ccc(C)cc1. The maximum atomic E-state index is 11.8. The molecular weight excluding hydrogens is 252 g/mol. The largest absolute Gasteiger partial charge is 0.381 e. The lowest BCUT2D eigenvalue weighted by molar-refractivity contribution is 0.121. The van der Waals surface area contributed by atoms with E-state index in [-0.39, 0.29) is 11.5 Å². The Bertz CT molecular complexity index is 437. The Kier molecular flexibility index (Phi) is 6.32. The second kappa shape index (κ2) is 7.51. The van der Waals surface area contributed by atoms with Crippen molar-refractivity contribution in [3.8, 4) is 0 Å². The van der Waals surface area contributed by atoms with Crippen LogP contribution in [-0.4, -0.2) is 28.2 Å². The van der Waals surface area contributed by atoms with Crippen LogP contribution in [0.5, 0.6) is 0 Å². The van der Waals surface area contributed by atoms with Gasteiger partial charge in [-0.3, -0.25) is 4.18 Å². The molecule has 0 spiro atoms. The Labute approximate surface area is 109 Å². The van der Waals surface area contributed by atoms with Gasteiger partial charge in [0.05, 0.1) is 11.5 Å². The van der Waals surface area contributed by atoms with Crippen molar-refractivity contribution in [3.63, 3.8) is 0 Å². The second-order valence-corrected chi connectivity index (χ2v) is 5.67. The smallest absolute Gasteiger partial charge is 0.296 e. The summed E-state index contributed by atoms with van der Waals surface area (Å²) in [6.07, 6.45) is 1.54. The van der Waals surface area contributed by atoms with Gasteiger partial charge in [0, 0.05) is 13.2 Å². The molecule has 1 rings (SSSR count). The van der Waals surface area contributed by atoms with E-state index in [1.54, 1.807) is 24.3 Å². The van der Waals surface area contributed by atoms with Gasteiger partial charge in [-0.05, 0) is 31.9 Å². The van der Waals surface area contributed by atoms with Crippen molar-refractivity contribution in [3.05, 3.63) is 29.8 Å². The molecule has 0 N–H and O–H groups in total. The molecule has 18 heavy (non-hydrogen) atoms. The highest BCUT2D eigenvalue weighted by molar-refractivity contribution is 7.86. The summed E-state index contributed by atoms with van der Waals surface area (Å²) >= 11 is 0. The molecule has 0 fully saturated rings. The lowest BCUT2D eigenvalue weighted by Gasteiger charge is -2.06. The molecule has 0 radical (unpaired) electrons. The average Bonchev–Trinajstić information content (AvgIpc) is 2.34. The lowest BCUT2D eigenvalue weighted by atomic mass is 10.2. The fraction of sp³-hybridized carbons (Fsp3) is 0.538. The highest BCUT2D eigenvalue weighted by atomic mass is 32.2. The Morgan fingerprint density at radius 1 is 1.06 bits per heavy atom. The van der Waals surface area contributed by atoms with E-state index >= 15 is 0 Å². The molecule has 0 unspecified atom stereocenters. The Morgan fingerprint density at radius 3 is 2.33 bits per heavy atom. The lowest BCUT2D eigenvalue weighted by Crippen LogP contribution is -2.09. The third-order valence-electron chi connectivity index (χ3n) is 2.33. The van der Waals surface area contributed by atoms with Gasteiger partial charge in [0.1, 0.15) is 0 Å². The molecule has 0 bridgehead atoms. The van der Waals surface area contributed by atoms with Crippen LogP contribution in [0, 0.1) is 6.92 Å². The van der Waals surface area contributed by atoms with Gasteiger partial charge >= 0.3 is 0 Å². The molecule has 1 aromatic carbocycles. The molecule has 0 atom stereocenters. The van der Waals surface area contributed by atoms with Crippen molar-refractivity contribution in [2.24, 2.45) is 0 Å². The molecular formula is C13H20O4S. The molecule has 0 amide bonds. The van der Waals surface area contributed by atoms with Gasteiger partial charge in [0.15, 0.2) is 0 Å². The highest BCUT2D eigenvalue weighted by Crippen LogP contribution is 2.13. The molecule has 0 saturated heterocycles. The predicted molar refractivity (Wildman–Crippen MR) is 70.0 cm³/mol. The van der Waals surface area contributed by atoms with E-state index in [0.29, 0.717) is 19.6 Å². The van der Waals surface area contributed by atoms with Crippen LogP contribution >= 0.6 is 0 Å². The van der Waals surface area contributed by atoms with Gasteiger partial charge in [0.25, 0.3) is 10.1 Å². The van der Waals surface area contributed by atoms with Crippen LogP contribution in [0.2, 0.25) is 0 Å². The van der Waals surface area contributed by atoms with Crippen molar-refractivity contribution >= 4 is 10.1 Å². The molecule has 1 aromatic rings.